The molecule has 1 amide bonds. The first-order chi connectivity index (χ1) is 6.63. The minimum atomic E-state index is -0.423. The van der Waals surface area contributed by atoms with Crippen LogP contribution in [0.1, 0.15) is 13.3 Å². The molecule has 1 aromatic rings. The molecule has 0 fully saturated rings. The van der Waals surface area contributed by atoms with E-state index in [1.165, 1.54) is 0 Å². The molecule has 0 aliphatic rings. The summed E-state index contributed by atoms with van der Waals surface area (Å²) >= 11 is 2.20. The van der Waals surface area contributed by atoms with Crippen molar-refractivity contribution in [2.75, 3.05) is 5.32 Å². The van der Waals surface area contributed by atoms with Crippen LogP contribution in [0.25, 0.3) is 0 Å². The average molecular weight is 304 g/mol. The molecule has 0 radical (unpaired) electrons. The summed E-state index contributed by atoms with van der Waals surface area (Å²) in [7, 11) is 0. The Bertz CT molecular complexity index is 328. The van der Waals surface area contributed by atoms with Crippen LogP contribution in [-0.4, -0.2) is 11.9 Å². The van der Waals surface area contributed by atoms with Crippen molar-refractivity contribution in [1.82, 2.24) is 0 Å². The van der Waals surface area contributed by atoms with Crippen LogP contribution in [0.3, 0.4) is 0 Å². The van der Waals surface area contributed by atoms with Crippen molar-refractivity contribution >= 4 is 34.2 Å². The van der Waals surface area contributed by atoms with Crippen molar-refractivity contribution in [3.63, 3.8) is 0 Å². The first-order valence-electron chi connectivity index (χ1n) is 4.45. The van der Waals surface area contributed by atoms with Gasteiger partial charge in [0.1, 0.15) is 0 Å². The second-order valence-electron chi connectivity index (χ2n) is 3.01. The molecule has 1 rings (SSSR count). The molecule has 0 unspecified atom stereocenters. The molecule has 0 bridgehead atoms. The SMILES string of the molecule is CC[C@@H](N)C(=O)Nc1cccc(I)c1. The highest BCUT2D eigenvalue weighted by Gasteiger charge is 2.10. The van der Waals surface area contributed by atoms with Gasteiger partial charge in [-0.25, -0.2) is 0 Å². The van der Waals surface area contributed by atoms with Crippen molar-refractivity contribution in [1.29, 1.82) is 0 Å². The van der Waals surface area contributed by atoms with Crippen LogP contribution in [0.4, 0.5) is 5.69 Å². The molecule has 0 heterocycles. The molecule has 3 nitrogen and oxygen atoms in total. The van der Waals surface area contributed by atoms with E-state index in [0.29, 0.717) is 6.42 Å². The quantitative estimate of drug-likeness (QED) is 0.839. The highest BCUT2D eigenvalue weighted by molar-refractivity contribution is 14.1. The lowest BCUT2D eigenvalue weighted by Crippen LogP contribution is -2.34. The Morgan fingerprint density at radius 1 is 1.64 bits per heavy atom. The van der Waals surface area contributed by atoms with E-state index in [1.54, 1.807) is 0 Å². The zero-order valence-corrected chi connectivity index (χ0v) is 10.1. The molecule has 76 valence electrons. The van der Waals surface area contributed by atoms with Crippen LogP contribution in [0, 0.1) is 3.57 Å². The Labute approximate surface area is 97.2 Å². The first kappa shape index (κ1) is 11.5. The van der Waals surface area contributed by atoms with E-state index in [2.05, 4.69) is 27.9 Å². The third-order valence-electron chi connectivity index (χ3n) is 1.87. The van der Waals surface area contributed by atoms with Gasteiger partial charge in [-0.15, -0.1) is 0 Å². The number of carbonyl (C=O) groups excluding carboxylic acids is 1. The molecule has 1 aromatic carbocycles. The van der Waals surface area contributed by atoms with Gasteiger partial charge in [0.15, 0.2) is 0 Å². The number of halogens is 1. The van der Waals surface area contributed by atoms with Crippen LogP contribution in [0.2, 0.25) is 0 Å². The van der Waals surface area contributed by atoms with Gasteiger partial charge in [-0.2, -0.15) is 0 Å². The molecule has 0 saturated heterocycles. The second-order valence-corrected chi connectivity index (χ2v) is 4.26. The minimum absolute atomic E-state index is 0.130. The summed E-state index contributed by atoms with van der Waals surface area (Å²) in [5.74, 6) is -0.130. The Morgan fingerprint density at radius 2 is 2.36 bits per heavy atom. The van der Waals surface area contributed by atoms with Crippen molar-refractivity contribution in [2.45, 2.75) is 19.4 Å². The monoisotopic (exact) mass is 304 g/mol. The van der Waals surface area contributed by atoms with Crippen LogP contribution in [-0.2, 0) is 4.79 Å². The maximum Gasteiger partial charge on any atom is 0.241 e. The van der Waals surface area contributed by atoms with E-state index in [9.17, 15) is 4.79 Å². The summed E-state index contributed by atoms with van der Waals surface area (Å²) in [5, 5.41) is 2.76. The highest BCUT2D eigenvalue weighted by Crippen LogP contribution is 2.12. The number of nitrogens with two attached hydrogens (primary N) is 1. The van der Waals surface area contributed by atoms with E-state index in [1.807, 2.05) is 31.2 Å². The first-order valence-corrected chi connectivity index (χ1v) is 5.53. The zero-order valence-electron chi connectivity index (χ0n) is 7.96. The molecule has 0 aliphatic heterocycles. The second kappa shape index (κ2) is 5.31. The van der Waals surface area contributed by atoms with Crippen LogP contribution in [0.15, 0.2) is 24.3 Å². The number of hydrogen-bond donors (Lipinski definition) is 2. The number of benzene rings is 1. The van der Waals surface area contributed by atoms with Crippen molar-refractivity contribution in [3.8, 4) is 0 Å². The number of carbonyl (C=O) groups is 1. The van der Waals surface area contributed by atoms with Crippen LogP contribution < -0.4 is 11.1 Å². The van der Waals surface area contributed by atoms with Gasteiger partial charge in [-0.1, -0.05) is 13.0 Å². The molecular weight excluding hydrogens is 291 g/mol. The van der Waals surface area contributed by atoms with E-state index in [4.69, 9.17) is 5.73 Å². The van der Waals surface area contributed by atoms with Crippen molar-refractivity contribution < 1.29 is 4.79 Å². The fraction of sp³-hybridized carbons (Fsp3) is 0.300. The summed E-state index contributed by atoms with van der Waals surface area (Å²) in [5.41, 5.74) is 6.39. The van der Waals surface area contributed by atoms with Crippen LogP contribution in [0.5, 0.6) is 0 Å². The number of rotatable bonds is 3. The minimum Gasteiger partial charge on any atom is -0.325 e. The summed E-state index contributed by atoms with van der Waals surface area (Å²) < 4.78 is 1.09. The highest BCUT2D eigenvalue weighted by atomic mass is 127. The number of nitrogens with one attached hydrogen (secondary N) is 1. The Morgan fingerprint density at radius 3 is 2.93 bits per heavy atom. The van der Waals surface area contributed by atoms with Gasteiger partial charge in [0.25, 0.3) is 0 Å². The summed E-state index contributed by atoms with van der Waals surface area (Å²) in [6, 6.07) is 7.20. The maximum absolute atomic E-state index is 11.4. The van der Waals surface area contributed by atoms with Gasteiger partial charge >= 0.3 is 0 Å². The molecule has 0 aromatic heterocycles. The lowest BCUT2D eigenvalue weighted by Gasteiger charge is -2.09. The van der Waals surface area contributed by atoms with Crippen LogP contribution >= 0.6 is 22.6 Å². The standard InChI is InChI=1S/C10H13IN2O/c1-2-9(12)10(14)13-8-5-3-4-7(11)6-8/h3-6,9H,2,12H2,1H3,(H,13,14)/t9-/m1/s1. The maximum atomic E-state index is 11.4. The molecule has 0 saturated carbocycles. The zero-order chi connectivity index (χ0) is 10.6. The lowest BCUT2D eigenvalue weighted by atomic mass is 10.2. The summed E-state index contributed by atoms with van der Waals surface area (Å²) in [6.45, 7) is 1.89. The van der Waals surface area contributed by atoms with Gasteiger partial charge in [0.05, 0.1) is 6.04 Å². The predicted octanol–water partition coefficient (Wildman–Crippen LogP) is 1.97. The Balaban J connectivity index is 2.65. The van der Waals surface area contributed by atoms with Gasteiger partial charge in [0, 0.05) is 9.26 Å². The van der Waals surface area contributed by atoms with Crippen molar-refractivity contribution in [3.05, 3.63) is 27.8 Å². The largest absolute Gasteiger partial charge is 0.325 e. The van der Waals surface area contributed by atoms with E-state index >= 15 is 0 Å². The molecule has 4 heteroatoms. The molecule has 1 atom stereocenters. The number of amides is 1. The Kier molecular flexibility index (Phi) is 4.34. The molecule has 3 N–H and O–H groups in total. The fourth-order valence-corrected chi connectivity index (χ4v) is 1.53. The van der Waals surface area contributed by atoms with Gasteiger partial charge < -0.3 is 11.1 Å². The normalized spacial score (nSPS) is 12.2. The van der Waals surface area contributed by atoms with Gasteiger partial charge in [0.2, 0.25) is 5.91 Å². The number of anilines is 1. The lowest BCUT2D eigenvalue weighted by molar-refractivity contribution is -0.117. The van der Waals surface area contributed by atoms with E-state index < -0.39 is 6.04 Å². The third kappa shape index (κ3) is 3.26. The summed E-state index contributed by atoms with van der Waals surface area (Å²) in [6.07, 6.45) is 0.649. The molecule has 0 aliphatic carbocycles. The number of hydrogen-bond acceptors (Lipinski definition) is 2. The third-order valence-corrected chi connectivity index (χ3v) is 2.54. The summed E-state index contributed by atoms with van der Waals surface area (Å²) in [4.78, 5) is 11.4. The van der Waals surface area contributed by atoms with E-state index in [-0.39, 0.29) is 5.91 Å². The van der Waals surface area contributed by atoms with Gasteiger partial charge in [-0.3, -0.25) is 4.79 Å². The van der Waals surface area contributed by atoms with Gasteiger partial charge in [-0.05, 0) is 47.2 Å². The fourth-order valence-electron chi connectivity index (χ4n) is 0.987. The predicted molar refractivity (Wildman–Crippen MR) is 66.1 cm³/mol. The molecule has 0 spiro atoms. The topological polar surface area (TPSA) is 55.1 Å². The van der Waals surface area contributed by atoms with Crippen molar-refractivity contribution in [2.24, 2.45) is 5.73 Å². The Hall–Kier alpha value is -0.620. The average Bonchev–Trinajstić information content (AvgIpc) is 2.16. The smallest absolute Gasteiger partial charge is 0.241 e. The van der Waals surface area contributed by atoms with E-state index in [0.717, 1.165) is 9.26 Å². The molecular formula is C10H13IN2O. The molecule has 14 heavy (non-hydrogen) atoms.